The summed E-state index contributed by atoms with van der Waals surface area (Å²) in [6.45, 7) is 1.60. The third-order valence-electron chi connectivity index (χ3n) is 5.17. The van der Waals surface area contributed by atoms with Crippen molar-refractivity contribution >= 4 is 39.1 Å². The number of benzene rings is 2. The number of rotatable bonds is 8. The number of sulfonamides is 1. The van der Waals surface area contributed by atoms with Gasteiger partial charge >= 0.3 is 6.18 Å². The second-order valence-electron chi connectivity index (χ2n) is 7.68. The van der Waals surface area contributed by atoms with Gasteiger partial charge in [0.1, 0.15) is 11.4 Å². The van der Waals surface area contributed by atoms with Crippen LogP contribution in [0.3, 0.4) is 0 Å². The van der Waals surface area contributed by atoms with Gasteiger partial charge in [0.2, 0.25) is 21.9 Å². The first-order valence-corrected chi connectivity index (χ1v) is 12.0. The first-order chi connectivity index (χ1) is 16.3. The predicted molar refractivity (Wildman–Crippen MR) is 127 cm³/mol. The van der Waals surface area contributed by atoms with Crippen LogP contribution in [-0.2, 0) is 22.7 Å². The van der Waals surface area contributed by atoms with Crippen LogP contribution in [0.2, 0.25) is 0 Å². The Kier molecular flexibility index (Phi) is 7.19. The number of aryl methyl sites for hydroxylation is 1. The molecule has 4 N–H and O–H groups in total. The number of nitrogens with two attached hydrogens (primary N) is 1. The zero-order valence-electron chi connectivity index (χ0n) is 19.0. The van der Waals surface area contributed by atoms with E-state index >= 15 is 0 Å². The number of hydrogen-bond acceptors (Lipinski definition) is 7. The second kappa shape index (κ2) is 9.78. The summed E-state index contributed by atoms with van der Waals surface area (Å²) in [7, 11) is -2.23. The molecule has 0 radical (unpaired) electrons. The van der Waals surface area contributed by atoms with Crippen LogP contribution in [0.15, 0.2) is 48.7 Å². The number of aromatic nitrogens is 2. The summed E-state index contributed by atoms with van der Waals surface area (Å²) in [5.74, 6) is -1.23. The molecule has 0 saturated heterocycles. The van der Waals surface area contributed by atoms with Gasteiger partial charge in [-0.2, -0.15) is 18.2 Å². The highest BCUT2D eigenvalue weighted by atomic mass is 32.2. The van der Waals surface area contributed by atoms with Crippen LogP contribution in [0.5, 0.6) is 0 Å². The molecule has 0 unspecified atom stereocenters. The molecule has 2 aromatic carbocycles. The lowest BCUT2D eigenvalue weighted by molar-refractivity contribution is -0.137. The number of carbonyl (C=O) groups excluding carboxylic acids is 1. The van der Waals surface area contributed by atoms with Gasteiger partial charge in [0.05, 0.1) is 11.9 Å². The Bertz CT molecular complexity index is 1350. The van der Waals surface area contributed by atoms with Gasteiger partial charge < -0.3 is 16.4 Å². The van der Waals surface area contributed by atoms with E-state index in [2.05, 4.69) is 20.6 Å². The SMILES string of the molecule is Cc1cccc(N(C)S(C)(=O)=O)c1CNc1nc(Nc2ccc(C(N)=O)cc2)ncc1C(F)(F)F. The number of anilines is 4. The quantitative estimate of drug-likeness (QED) is 0.423. The molecule has 0 aliphatic rings. The fourth-order valence-corrected chi connectivity index (χ4v) is 3.72. The molecule has 0 atom stereocenters. The minimum absolute atomic E-state index is 0.120. The first-order valence-electron chi connectivity index (χ1n) is 10.1. The number of carbonyl (C=O) groups is 1. The summed E-state index contributed by atoms with van der Waals surface area (Å²) in [5, 5.41) is 5.46. The highest BCUT2D eigenvalue weighted by Crippen LogP contribution is 2.35. The number of nitrogens with one attached hydrogen (secondary N) is 2. The molecule has 0 aliphatic heterocycles. The second-order valence-corrected chi connectivity index (χ2v) is 9.69. The van der Waals surface area contributed by atoms with Gasteiger partial charge in [-0.15, -0.1) is 0 Å². The average Bonchev–Trinajstić information content (AvgIpc) is 2.76. The summed E-state index contributed by atoms with van der Waals surface area (Å²) < 4.78 is 66.0. The Morgan fingerprint density at radius 2 is 1.80 bits per heavy atom. The normalized spacial score (nSPS) is 11.7. The lowest BCUT2D eigenvalue weighted by atomic mass is 10.1. The molecular formula is C22H23F3N6O3S. The van der Waals surface area contributed by atoms with Crippen LogP contribution in [0.25, 0.3) is 0 Å². The Hall–Kier alpha value is -3.87. The van der Waals surface area contributed by atoms with Crippen LogP contribution in [0.1, 0.15) is 27.0 Å². The summed E-state index contributed by atoms with van der Waals surface area (Å²) in [6, 6.07) is 10.9. The van der Waals surface area contributed by atoms with Crippen molar-refractivity contribution in [3.05, 3.63) is 70.9 Å². The van der Waals surface area contributed by atoms with Crippen molar-refractivity contribution in [1.82, 2.24) is 9.97 Å². The standard InChI is InChI=1S/C22H23F3N6O3S/c1-13-5-4-6-18(31(2)35(3,33)34)16(13)11-27-20-17(22(23,24)25)12-28-21(30-20)29-15-9-7-14(8-10-15)19(26)32/h4-10,12H,11H2,1-3H3,(H2,26,32)(H2,27,28,29,30). The van der Waals surface area contributed by atoms with Crippen LogP contribution < -0.4 is 20.7 Å². The summed E-state index contributed by atoms with van der Waals surface area (Å²) >= 11 is 0. The van der Waals surface area contributed by atoms with Gasteiger partial charge in [-0.3, -0.25) is 9.10 Å². The van der Waals surface area contributed by atoms with E-state index in [0.717, 1.165) is 10.6 Å². The molecule has 13 heteroatoms. The number of nitrogens with zero attached hydrogens (tertiary/aromatic N) is 3. The molecule has 186 valence electrons. The van der Waals surface area contributed by atoms with Gasteiger partial charge in [-0.1, -0.05) is 12.1 Å². The molecule has 1 amide bonds. The van der Waals surface area contributed by atoms with Gasteiger partial charge in [0.15, 0.2) is 0 Å². The van der Waals surface area contributed by atoms with Crippen molar-refractivity contribution < 1.29 is 26.4 Å². The van der Waals surface area contributed by atoms with Crippen molar-refractivity contribution in [2.75, 3.05) is 28.2 Å². The molecule has 0 aliphatic carbocycles. The molecule has 0 saturated carbocycles. The summed E-state index contributed by atoms with van der Waals surface area (Å²) in [4.78, 5) is 18.9. The Morgan fingerprint density at radius 1 is 1.14 bits per heavy atom. The Balaban J connectivity index is 1.93. The lowest BCUT2D eigenvalue weighted by Crippen LogP contribution is -2.26. The first kappa shape index (κ1) is 25.7. The Labute approximate surface area is 200 Å². The van der Waals surface area contributed by atoms with Crippen molar-refractivity contribution in [3.8, 4) is 0 Å². The van der Waals surface area contributed by atoms with E-state index in [1.807, 2.05) is 0 Å². The van der Waals surface area contributed by atoms with Gasteiger partial charge in [0.25, 0.3) is 0 Å². The minimum Gasteiger partial charge on any atom is -0.366 e. The maximum absolute atomic E-state index is 13.6. The summed E-state index contributed by atoms with van der Waals surface area (Å²) in [5.41, 5.74) is 6.31. The molecule has 1 aromatic heterocycles. The maximum Gasteiger partial charge on any atom is 0.421 e. The van der Waals surface area contributed by atoms with Crippen molar-refractivity contribution in [2.45, 2.75) is 19.6 Å². The third-order valence-corrected chi connectivity index (χ3v) is 6.37. The van der Waals surface area contributed by atoms with Gasteiger partial charge in [-0.25, -0.2) is 13.4 Å². The predicted octanol–water partition coefficient (Wildman–Crippen LogP) is 3.65. The highest BCUT2D eigenvalue weighted by molar-refractivity contribution is 7.92. The van der Waals surface area contributed by atoms with Crippen molar-refractivity contribution in [2.24, 2.45) is 5.73 Å². The van der Waals surface area contributed by atoms with E-state index in [4.69, 9.17) is 5.73 Å². The number of primary amides is 1. The minimum atomic E-state index is -4.73. The van der Waals surface area contributed by atoms with E-state index in [0.29, 0.717) is 28.7 Å². The molecule has 9 nitrogen and oxygen atoms in total. The van der Waals surface area contributed by atoms with Crippen molar-refractivity contribution in [3.63, 3.8) is 0 Å². The number of halogens is 3. The largest absolute Gasteiger partial charge is 0.421 e. The number of alkyl halides is 3. The lowest BCUT2D eigenvalue weighted by Gasteiger charge is -2.22. The molecule has 0 bridgehead atoms. The molecule has 1 heterocycles. The van der Waals surface area contributed by atoms with E-state index in [1.54, 1.807) is 25.1 Å². The number of hydrogen-bond donors (Lipinski definition) is 3. The molecule has 0 spiro atoms. The molecular weight excluding hydrogens is 485 g/mol. The fourth-order valence-electron chi connectivity index (χ4n) is 3.19. The fraction of sp³-hybridized carbons (Fsp3) is 0.227. The molecule has 3 rings (SSSR count). The van der Waals surface area contributed by atoms with E-state index in [-0.39, 0.29) is 18.1 Å². The Morgan fingerprint density at radius 3 is 2.37 bits per heavy atom. The molecule has 35 heavy (non-hydrogen) atoms. The van der Waals surface area contributed by atoms with Crippen LogP contribution in [-0.4, -0.2) is 37.6 Å². The van der Waals surface area contributed by atoms with E-state index in [1.165, 1.54) is 31.3 Å². The molecule has 0 fully saturated rings. The highest BCUT2D eigenvalue weighted by Gasteiger charge is 2.35. The van der Waals surface area contributed by atoms with E-state index < -0.39 is 33.5 Å². The molecule has 3 aromatic rings. The summed E-state index contributed by atoms with van der Waals surface area (Å²) in [6.07, 6.45) is -3.05. The average molecular weight is 509 g/mol. The zero-order valence-corrected chi connectivity index (χ0v) is 19.8. The smallest absolute Gasteiger partial charge is 0.366 e. The van der Waals surface area contributed by atoms with Crippen molar-refractivity contribution in [1.29, 1.82) is 0 Å². The van der Waals surface area contributed by atoms with E-state index in [9.17, 15) is 26.4 Å². The number of amides is 1. The van der Waals surface area contributed by atoms with Gasteiger partial charge in [0, 0.05) is 31.0 Å². The topological polar surface area (TPSA) is 130 Å². The van der Waals surface area contributed by atoms with Gasteiger partial charge in [-0.05, 0) is 48.4 Å². The van der Waals surface area contributed by atoms with Crippen LogP contribution in [0.4, 0.5) is 36.3 Å². The zero-order chi connectivity index (χ0) is 26.0. The third kappa shape index (κ3) is 6.18. The van der Waals surface area contributed by atoms with Crippen LogP contribution >= 0.6 is 0 Å². The maximum atomic E-state index is 13.6. The van der Waals surface area contributed by atoms with Crippen LogP contribution in [0, 0.1) is 6.92 Å². The monoisotopic (exact) mass is 508 g/mol.